The van der Waals surface area contributed by atoms with Crippen LogP contribution in [0.2, 0.25) is 0 Å². The Kier molecular flexibility index (Phi) is 1.22. The number of pyridine rings is 1. The SMILES string of the molecule is [O-][n+]1cc(O)cc(F)c1. The number of hydrogen-bond acceptors (Lipinski definition) is 2. The third kappa shape index (κ3) is 1.28. The molecular formula is C5H4FNO2. The van der Waals surface area contributed by atoms with Crippen molar-refractivity contribution in [3.8, 4) is 5.75 Å². The molecule has 48 valence electrons. The summed E-state index contributed by atoms with van der Waals surface area (Å²) in [5, 5.41) is 18.8. The first-order chi connectivity index (χ1) is 4.18. The number of hydrogen-bond donors (Lipinski definition) is 1. The van der Waals surface area contributed by atoms with Gasteiger partial charge in [-0.2, -0.15) is 4.73 Å². The molecule has 0 fully saturated rings. The fourth-order valence-electron chi connectivity index (χ4n) is 0.505. The average Bonchev–Trinajstić information content (AvgIpc) is 1.59. The summed E-state index contributed by atoms with van der Waals surface area (Å²) >= 11 is 0. The van der Waals surface area contributed by atoms with Crippen molar-refractivity contribution in [3.63, 3.8) is 0 Å². The summed E-state index contributed by atoms with van der Waals surface area (Å²) in [6, 6.07) is 0.856. The molecule has 0 bridgehead atoms. The van der Waals surface area contributed by atoms with E-state index in [0.717, 1.165) is 18.5 Å². The average molecular weight is 129 g/mol. The van der Waals surface area contributed by atoms with Gasteiger partial charge in [-0.25, -0.2) is 4.39 Å². The Morgan fingerprint density at radius 3 is 2.67 bits per heavy atom. The largest absolute Gasteiger partial charge is 0.619 e. The molecule has 1 aromatic heterocycles. The summed E-state index contributed by atoms with van der Waals surface area (Å²) in [5.74, 6) is -1.12. The molecule has 0 aliphatic heterocycles. The summed E-state index contributed by atoms with van der Waals surface area (Å²) in [7, 11) is 0. The van der Waals surface area contributed by atoms with Crippen molar-refractivity contribution in [3.05, 3.63) is 29.5 Å². The molecule has 1 rings (SSSR count). The Bertz CT molecular complexity index is 176. The van der Waals surface area contributed by atoms with Gasteiger partial charge < -0.3 is 10.3 Å². The molecule has 0 saturated heterocycles. The molecule has 0 amide bonds. The summed E-state index contributed by atoms with van der Waals surface area (Å²) in [4.78, 5) is 0. The second-order valence-electron chi connectivity index (χ2n) is 1.57. The maximum Gasteiger partial charge on any atom is 0.222 e. The maximum atomic E-state index is 12.0. The van der Waals surface area contributed by atoms with E-state index >= 15 is 0 Å². The van der Waals surface area contributed by atoms with Crippen LogP contribution in [0.1, 0.15) is 0 Å². The van der Waals surface area contributed by atoms with Gasteiger partial charge in [-0.15, -0.1) is 0 Å². The van der Waals surface area contributed by atoms with E-state index in [2.05, 4.69) is 0 Å². The molecule has 1 N–H and O–H groups in total. The minimum absolute atomic E-state index is 0.199. The lowest BCUT2D eigenvalue weighted by molar-refractivity contribution is -0.607. The van der Waals surface area contributed by atoms with E-state index in [-0.39, 0.29) is 10.5 Å². The lowest BCUT2D eigenvalue weighted by Gasteiger charge is -1.93. The van der Waals surface area contributed by atoms with Crippen molar-refractivity contribution in [2.24, 2.45) is 0 Å². The zero-order chi connectivity index (χ0) is 6.85. The van der Waals surface area contributed by atoms with E-state index in [1.807, 2.05) is 0 Å². The zero-order valence-corrected chi connectivity index (χ0v) is 4.41. The fourth-order valence-corrected chi connectivity index (χ4v) is 0.505. The van der Waals surface area contributed by atoms with Crippen LogP contribution in [0.15, 0.2) is 18.5 Å². The molecule has 0 aliphatic carbocycles. The third-order valence-corrected chi connectivity index (χ3v) is 0.796. The molecule has 0 atom stereocenters. The van der Waals surface area contributed by atoms with E-state index < -0.39 is 5.82 Å². The van der Waals surface area contributed by atoms with Crippen molar-refractivity contribution in [2.45, 2.75) is 0 Å². The quantitative estimate of drug-likeness (QED) is 0.400. The number of aromatic hydroxyl groups is 1. The summed E-state index contributed by atoms with van der Waals surface area (Å²) < 4.78 is 12.2. The highest BCUT2D eigenvalue weighted by Crippen LogP contribution is 2.04. The van der Waals surface area contributed by atoms with Crippen molar-refractivity contribution < 1.29 is 14.2 Å². The molecule has 3 nitrogen and oxygen atoms in total. The van der Waals surface area contributed by atoms with Gasteiger partial charge in [0.2, 0.25) is 12.4 Å². The zero-order valence-electron chi connectivity index (χ0n) is 4.41. The second-order valence-corrected chi connectivity index (χ2v) is 1.57. The maximum absolute atomic E-state index is 12.0. The van der Waals surface area contributed by atoms with Gasteiger partial charge in [0.1, 0.15) is 0 Å². The van der Waals surface area contributed by atoms with Crippen molar-refractivity contribution in [1.29, 1.82) is 0 Å². The number of halogens is 1. The van der Waals surface area contributed by atoms with Crippen LogP contribution < -0.4 is 4.73 Å². The van der Waals surface area contributed by atoms with Crippen LogP contribution >= 0.6 is 0 Å². The summed E-state index contributed by atoms with van der Waals surface area (Å²) in [6.07, 6.45) is 1.59. The Morgan fingerprint density at radius 2 is 2.22 bits per heavy atom. The van der Waals surface area contributed by atoms with Crippen molar-refractivity contribution >= 4 is 0 Å². The van der Waals surface area contributed by atoms with Crippen LogP contribution in [0.4, 0.5) is 4.39 Å². The number of rotatable bonds is 0. The fraction of sp³-hybridized carbons (Fsp3) is 0. The topological polar surface area (TPSA) is 47.2 Å². The Hall–Kier alpha value is -1.32. The highest BCUT2D eigenvalue weighted by Gasteiger charge is 1.98. The molecule has 1 heterocycles. The lowest BCUT2D eigenvalue weighted by atomic mass is 10.4. The molecule has 0 radical (unpaired) electrons. The van der Waals surface area contributed by atoms with Gasteiger partial charge in [0.25, 0.3) is 0 Å². The van der Waals surface area contributed by atoms with Crippen LogP contribution in [-0.4, -0.2) is 5.11 Å². The molecule has 1 aromatic rings. The predicted octanol–water partition coefficient (Wildman–Crippen LogP) is 0.165. The van der Waals surface area contributed by atoms with Gasteiger partial charge >= 0.3 is 0 Å². The Morgan fingerprint density at radius 1 is 1.56 bits per heavy atom. The molecule has 4 heteroatoms. The lowest BCUT2D eigenvalue weighted by Crippen LogP contribution is -2.24. The predicted molar refractivity (Wildman–Crippen MR) is 27.0 cm³/mol. The molecule has 0 aromatic carbocycles. The van der Waals surface area contributed by atoms with E-state index in [1.54, 1.807) is 0 Å². The van der Waals surface area contributed by atoms with Gasteiger partial charge in [-0.05, 0) is 0 Å². The first kappa shape index (κ1) is 5.81. The monoisotopic (exact) mass is 129 g/mol. The van der Waals surface area contributed by atoms with Crippen LogP contribution in [0.5, 0.6) is 5.75 Å². The highest BCUT2D eigenvalue weighted by molar-refractivity contribution is 5.11. The van der Waals surface area contributed by atoms with Gasteiger partial charge in [0.05, 0.1) is 0 Å². The summed E-state index contributed by atoms with van der Waals surface area (Å²) in [5.41, 5.74) is 0. The molecule has 0 saturated carbocycles. The van der Waals surface area contributed by atoms with Crippen LogP contribution in [0.3, 0.4) is 0 Å². The third-order valence-electron chi connectivity index (χ3n) is 0.796. The van der Waals surface area contributed by atoms with Crippen molar-refractivity contribution in [2.75, 3.05) is 0 Å². The molecule has 9 heavy (non-hydrogen) atoms. The van der Waals surface area contributed by atoms with E-state index in [1.165, 1.54) is 0 Å². The number of aromatic nitrogens is 1. The second kappa shape index (κ2) is 1.89. The summed E-state index contributed by atoms with van der Waals surface area (Å²) in [6.45, 7) is 0. The standard InChI is InChI=1S/C5H4FNO2/c6-4-1-5(8)3-7(9)2-4/h1-3,8H. The smallest absolute Gasteiger partial charge is 0.222 e. The Labute approximate surface area is 50.6 Å². The minimum Gasteiger partial charge on any atom is -0.619 e. The molecule has 0 spiro atoms. The Balaban J connectivity index is 3.17. The molecule has 0 unspecified atom stereocenters. The van der Waals surface area contributed by atoms with Crippen LogP contribution in [0, 0.1) is 11.0 Å². The van der Waals surface area contributed by atoms with Crippen LogP contribution in [-0.2, 0) is 0 Å². The van der Waals surface area contributed by atoms with E-state index in [9.17, 15) is 9.60 Å². The number of nitrogens with zero attached hydrogens (tertiary/aromatic N) is 1. The minimum atomic E-state index is -0.745. The van der Waals surface area contributed by atoms with Crippen molar-refractivity contribution in [1.82, 2.24) is 0 Å². The van der Waals surface area contributed by atoms with Gasteiger partial charge in [0.15, 0.2) is 11.6 Å². The van der Waals surface area contributed by atoms with E-state index in [0.29, 0.717) is 0 Å². The van der Waals surface area contributed by atoms with Gasteiger partial charge in [0, 0.05) is 6.07 Å². The van der Waals surface area contributed by atoms with Gasteiger partial charge in [-0.1, -0.05) is 0 Å². The van der Waals surface area contributed by atoms with Gasteiger partial charge in [-0.3, -0.25) is 0 Å². The highest BCUT2D eigenvalue weighted by atomic mass is 19.1. The van der Waals surface area contributed by atoms with Crippen LogP contribution in [0.25, 0.3) is 0 Å². The first-order valence-corrected chi connectivity index (χ1v) is 2.27. The first-order valence-electron chi connectivity index (χ1n) is 2.27. The van der Waals surface area contributed by atoms with E-state index in [4.69, 9.17) is 5.11 Å². The normalized spacial score (nSPS) is 9.44. The molecule has 0 aliphatic rings. The molecular weight excluding hydrogens is 125 g/mol.